The number of urea groups is 2. The third kappa shape index (κ3) is 6.20. The van der Waals surface area contributed by atoms with Gasteiger partial charge in [0.05, 0.1) is 25.3 Å². The Morgan fingerprint density at radius 1 is 0.707 bits per heavy atom. The van der Waals surface area contributed by atoms with E-state index in [-0.39, 0.29) is 26.3 Å². The molecule has 2 heterocycles. The highest BCUT2D eigenvalue weighted by Crippen LogP contribution is 2.33. The number of aliphatic hydroxyl groups excluding tert-OH is 2. The molecule has 0 spiro atoms. The quantitative estimate of drug-likeness (QED) is 0.337. The maximum absolute atomic E-state index is 13.4. The summed E-state index contributed by atoms with van der Waals surface area (Å²) < 4.78 is 0. The molecule has 41 heavy (non-hydrogen) atoms. The summed E-state index contributed by atoms with van der Waals surface area (Å²) in [6.45, 7) is 5.72. The van der Waals surface area contributed by atoms with Crippen molar-refractivity contribution < 1.29 is 29.4 Å². The zero-order valence-electron chi connectivity index (χ0n) is 24.0. The Labute approximate surface area is 240 Å². The maximum atomic E-state index is 13.4. The van der Waals surface area contributed by atoms with Gasteiger partial charge in [-0.05, 0) is 58.2 Å². The molecule has 0 bridgehead atoms. The number of nitrogens with one attached hydrogen (secondary N) is 1. The normalized spacial score (nSPS) is 19.8. The number of β-amino-alcohol motifs (C(OH)–C–C–N with tert-alkyl or cyclic N) is 2. The summed E-state index contributed by atoms with van der Waals surface area (Å²) in [5.74, 6) is -0.999. The minimum atomic E-state index is -1.31. The van der Waals surface area contributed by atoms with E-state index < -0.39 is 47.2 Å². The van der Waals surface area contributed by atoms with E-state index in [1.807, 2.05) is 60.7 Å². The van der Waals surface area contributed by atoms with Crippen LogP contribution in [-0.2, 0) is 16.0 Å². The van der Waals surface area contributed by atoms with Gasteiger partial charge in [0.2, 0.25) is 0 Å². The van der Waals surface area contributed by atoms with Gasteiger partial charge in [0.1, 0.15) is 17.7 Å². The molecule has 3 N–H and O–H groups in total. The van der Waals surface area contributed by atoms with Gasteiger partial charge < -0.3 is 15.5 Å². The molecule has 220 valence electrons. The number of imide groups is 2. The number of hydrogen-bond donors (Lipinski definition) is 3. The first-order valence-electron chi connectivity index (χ1n) is 13.8. The standard InChI is InChI=1S/C30H39N5O6/c1-29(2)25(38)32(18-23(36)16-15-21-11-7-5-8-12-21)27(40)34(29)20-35-28(41)33(26(39)30(35,3)4)19-24(37)17-31-22-13-9-6-10-14-22/h5-14,23-24,31,36-37H,15-20H2,1-4H3/t23-,24-/m1/s1. The van der Waals surface area contributed by atoms with Crippen LogP contribution in [-0.4, -0.2) is 103 Å². The van der Waals surface area contributed by atoms with Gasteiger partial charge in [-0.2, -0.15) is 0 Å². The minimum absolute atomic E-state index is 0.120. The van der Waals surface area contributed by atoms with Gasteiger partial charge in [0, 0.05) is 12.2 Å². The highest BCUT2D eigenvalue weighted by molar-refractivity contribution is 6.08. The first-order valence-corrected chi connectivity index (χ1v) is 13.8. The fourth-order valence-corrected chi connectivity index (χ4v) is 5.12. The van der Waals surface area contributed by atoms with Crippen molar-refractivity contribution >= 4 is 29.6 Å². The predicted molar refractivity (Wildman–Crippen MR) is 153 cm³/mol. The van der Waals surface area contributed by atoms with Crippen molar-refractivity contribution in [1.82, 2.24) is 19.6 Å². The van der Waals surface area contributed by atoms with Crippen LogP contribution < -0.4 is 5.32 Å². The molecule has 0 aliphatic carbocycles. The van der Waals surface area contributed by atoms with Crippen LogP contribution in [0.5, 0.6) is 0 Å². The third-order valence-electron chi connectivity index (χ3n) is 7.80. The third-order valence-corrected chi connectivity index (χ3v) is 7.80. The molecule has 11 nitrogen and oxygen atoms in total. The average Bonchev–Trinajstić information content (AvgIpc) is 3.21. The van der Waals surface area contributed by atoms with E-state index in [1.165, 1.54) is 9.80 Å². The molecular formula is C30H39N5O6. The number of benzene rings is 2. The second-order valence-electron chi connectivity index (χ2n) is 11.6. The average molecular weight is 566 g/mol. The van der Waals surface area contributed by atoms with Crippen molar-refractivity contribution in [2.24, 2.45) is 0 Å². The zero-order valence-corrected chi connectivity index (χ0v) is 24.0. The first-order chi connectivity index (χ1) is 19.3. The molecule has 11 heteroatoms. The van der Waals surface area contributed by atoms with Crippen molar-refractivity contribution in [2.75, 3.05) is 31.6 Å². The topological polar surface area (TPSA) is 134 Å². The van der Waals surface area contributed by atoms with E-state index in [9.17, 15) is 29.4 Å². The number of para-hydroxylation sites is 1. The van der Waals surface area contributed by atoms with Crippen LogP contribution in [0.25, 0.3) is 0 Å². The Morgan fingerprint density at radius 2 is 1.17 bits per heavy atom. The van der Waals surface area contributed by atoms with Crippen LogP contribution in [0.1, 0.15) is 39.7 Å². The molecular weight excluding hydrogens is 526 g/mol. The summed E-state index contributed by atoms with van der Waals surface area (Å²) >= 11 is 0. The number of anilines is 1. The highest BCUT2D eigenvalue weighted by atomic mass is 16.3. The number of nitrogens with zero attached hydrogens (tertiary/aromatic N) is 4. The number of hydrogen-bond acceptors (Lipinski definition) is 7. The molecule has 2 saturated heterocycles. The number of rotatable bonds is 12. The summed E-state index contributed by atoms with van der Waals surface area (Å²) in [6.07, 6.45) is -0.999. The van der Waals surface area contributed by atoms with Gasteiger partial charge in [-0.25, -0.2) is 9.59 Å². The van der Waals surface area contributed by atoms with E-state index in [4.69, 9.17) is 0 Å². The lowest BCUT2D eigenvalue weighted by Crippen LogP contribution is -2.55. The second-order valence-corrected chi connectivity index (χ2v) is 11.6. The zero-order chi connectivity index (χ0) is 29.9. The van der Waals surface area contributed by atoms with Crippen LogP contribution in [0.4, 0.5) is 15.3 Å². The smallest absolute Gasteiger partial charge is 0.329 e. The minimum Gasteiger partial charge on any atom is -0.391 e. The second kappa shape index (κ2) is 11.9. The fraction of sp³-hybridized carbons (Fsp3) is 0.467. The Bertz CT molecular complexity index is 1170. The Balaban J connectivity index is 1.40. The number of carbonyl (C=O) groups excluding carboxylic acids is 4. The number of aryl methyl sites for hydroxylation is 1. The fourth-order valence-electron chi connectivity index (χ4n) is 5.12. The maximum Gasteiger partial charge on any atom is 0.329 e. The van der Waals surface area contributed by atoms with Crippen LogP contribution >= 0.6 is 0 Å². The van der Waals surface area contributed by atoms with E-state index in [2.05, 4.69) is 5.32 Å². The Hall–Kier alpha value is -3.96. The van der Waals surface area contributed by atoms with E-state index >= 15 is 0 Å². The molecule has 0 saturated carbocycles. The number of aliphatic hydroxyl groups is 2. The van der Waals surface area contributed by atoms with Crippen LogP contribution in [0.15, 0.2) is 60.7 Å². The molecule has 2 fully saturated rings. The number of amides is 6. The van der Waals surface area contributed by atoms with Crippen molar-refractivity contribution in [2.45, 2.75) is 63.8 Å². The van der Waals surface area contributed by atoms with E-state index in [0.717, 1.165) is 21.1 Å². The van der Waals surface area contributed by atoms with Crippen LogP contribution in [0, 0.1) is 0 Å². The van der Waals surface area contributed by atoms with Gasteiger partial charge in [-0.3, -0.25) is 29.2 Å². The lowest BCUT2D eigenvalue weighted by Gasteiger charge is -2.36. The summed E-state index contributed by atoms with van der Waals surface area (Å²) in [5, 5.41) is 24.3. The van der Waals surface area contributed by atoms with E-state index in [0.29, 0.717) is 12.8 Å². The highest BCUT2D eigenvalue weighted by Gasteiger charge is 2.57. The summed E-state index contributed by atoms with van der Waals surface area (Å²) in [6, 6.07) is 17.6. The molecule has 0 unspecified atom stereocenters. The first kappa shape index (κ1) is 30.0. The van der Waals surface area contributed by atoms with E-state index in [1.54, 1.807) is 27.7 Å². The van der Waals surface area contributed by atoms with Crippen molar-refractivity contribution in [3.8, 4) is 0 Å². The SMILES string of the molecule is CC1(C)C(=O)N(C[C@H](O)CCc2ccccc2)C(=O)N1CN1C(=O)N(C[C@H](O)CNc2ccccc2)C(=O)C1(C)C. The molecule has 2 aromatic rings. The monoisotopic (exact) mass is 565 g/mol. The molecule has 2 aromatic carbocycles. The molecule has 2 aliphatic heterocycles. The number of carbonyl (C=O) groups is 4. The van der Waals surface area contributed by atoms with Crippen molar-refractivity contribution in [1.29, 1.82) is 0 Å². The summed E-state index contributed by atoms with van der Waals surface area (Å²) in [4.78, 5) is 57.9. The molecule has 2 atom stereocenters. The summed E-state index contributed by atoms with van der Waals surface area (Å²) in [7, 11) is 0. The van der Waals surface area contributed by atoms with Gasteiger partial charge >= 0.3 is 12.1 Å². The van der Waals surface area contributed by atoms with Crippen molar-refractivity contribution in [3.05, 3.63) is 66.2 Å². The Kier molecular flexibility index (Phi) is 8.69. The van der Waals surface area contributed by atoms with Gasteiger partial charge in [0.25, 0.3) is 11.8 Å². The molecule has 0 radical (unpaired) electrons. The van der Waals surface area contributed by atoms with Gasteiger partial charge in [0.15, 0.2) is 0 Å². The largest absolute Gasteiger partial charge is 0.391 e. The van der Waals surface area contributed by atoms with Crippen LogP contribution in [0.2, 0.25) is 0 Å². The van der Waals surface area contributed by atoms with Gasteiger partial charge in [-0.1, -0.05) is 48.5 Å². The van der Waals surface area contributed by atoms with Gasteiger partial charge in [-0.15, -0.1) is 0 Å². The molecule has 6 amide bonds. The lowest BCUT2D eigenvalue weighted by atomic mass is 10.0. The predicted octanol–water partition coefficient (Wildman–Crippen LogP) is 2.50. The molecule has 2 aliphatic rings. The summed E-state index contributed by atoms with van der Waals surface area (Å²) in [5.41, 5.74) is -0.785. The van der Waals surface area contributed by atoms with Crippen LogP contribution in [0.3, 0.4) is 0 Å². The molecule has 4 rings (SSSR count). The molecule has 0 aromatic heterocycles. The lowest BCUT2D eigenvalue weighted by molar-refractivity contribution is -0.133. The van der Waals surface area contributed by atoms with Crippen molar-refractivity contribution in [3.63, 3.8) is 0 Å². The Morgan fingerprint density at radius 3 is 1.68 bits per heavy atom.